The second-order valence-corrected chi connectivity index (χ2v) is 3.00. The summed E-state index contributed by atoms with van der Waals surface area (Å²) < 4.78 is 4.79. The van der Waals surface area contributed by atoms with Crippen LogP contribution in [0.5, 0.6) is 0 Å². The molecule has 0 unspecified atom stereocenters. The number of carbonyl (C=O) groups excluding carboxylic acids is 2. The van der Waals surface area contributed by atoms with Crippen molar-refractivity contribution >= 4 is 12.3 Å². The second kappa shape index (κ2) is 10.7. The molecule has 0 fully saturated rings. The van der Waals surface area contributed by atoms with Crippen molar-refractivity contribution in [1.82, 2.24) is 0 Å². The van der Waals surface area contributed by atoms with Gasteiger partial charge < -0.3 is 4.74 Å². The van der Waals surface area contributed by atoms with Crippen LogP contribution in [0.3, 0.4) is 0 Å². The third-order valence-electron chi connectivity index (χ3n) is 1.74. The predicted molar refractivity (Wildman–Crippen MR) is 59.4 cm³/mol. The number of unbranched alkanes of at least 4 members (excludes halogenated alkanes) is 2. The lowest BCUT2D eigenvalue weighted by Crippen LogP contribution is -2.02. The van der Waals surface area contributed by atoms with Gasteiger partial charge in [0.1, 0.15) is 6.29 Å². The maximum absolute atomic E-state index is 10.9. The molecule has 0 aliphatic heterocycles. The van der Waals surface area contributed by atoms with Crippen molar-refractivity contribution in [3.63, 3.8) is 0 Å². The Bertz CT molecular complexity index is 229. The molecule has 0 bridgehead atoms. The van der Waals surface area contributed by atoms with E-state index in [4.69, 9.17) is 4.74 Å². The lowest BCUT2D eigenvalue weighted by molar-refractivity contribution is -0.143. The van der Waals surface area contributed by atoms with Crippen LogP contribution in [0.4, 0.5) is 0 Å². The average molecular weight is 210 g/mol. The minimum Gasteiger partial charge on any atom is -0.466 e. The Morgan fingerprint density at radius 3 is 2.67 bits per heavy atom. The molecule has 0 rings (SSSR count). The molecule has 0 aliphatic rings. The van der Waals surface area contributed by atoms with E-state index in [2.05, 4.69) is 0 Å². The zero-order valence-electron chi connectivity index (χ0n) is 9.15. The Hall–Kier alpha value is -1.38. The first-order chi connectivity index (χ1) is 7.31. The summed E-state index contributed by atoms with van der Waals surface area (Å²) in [6.45, 7) is 2.26. The van der Waals surface area contributed by atoms with E-state index < -0.39 is 0 Å². The van der Waals surface area contributed by atoms with Gasteiger partial charge in [-0.05, 0) is 32.3 Å². The first-order valence-corrected chi connectivity index (χ1v) is 5.23. The van der Waals surface area contributed by atoms with Crippen molar-refractivity contribution in [3.05, 3.63) is 24.3 Å². The summed E-state index contributed by atoms with van der Waals surface area (Å²) in [5, 5.41) is 0. The fourth-order valence-corrected chi connectivity index (χ4v) is 1.05. The van der Waals surface area contributed by atoms with E-state index in [-0.39, 0.29) is 5.97 Å². The molecule has 0 radical (unpaired) electrons. The van der Waals surface area contributed by atoms with Crippen molar-refractivity contribution in [3.8, 4) is 0 Å². The largest absolute Gasteiger partial charge is 0.466 e. The van der Waals surface area contributed by atoms with E-state index in [1.54, 1.807) is 13.0 Å². The number of rotatable bonds is 8. The Morgan fingerprint density at radius 1 is 1.20 bits per heavy atom. The van der Waals surface area contributed by atoms with Gasteiger partial charge in [-0.1, -0.05) is 18.2 Å². The van der Waals surface area contributed by atoms with Gasteiger partial charge in [0.15, 0.2) is 0 Å². The number of aldehydes is 1. The van der Waals surface area contributed by atoms with Crippen molar-refractivity contribution in [2.24, 2.45) is 0 Å². The Labute approximate surface area is 90.8 Å². The van der Waals surface area contributed by atoms with Gasteiger partial charge in [0.2, 0.25) is 0 Å². The van der Waals surface area contributed by atoms with E-state index >= 15 is 0 Å². The third-order valence-corrected chi connectivity index (χ3v) is 1.74. The number of allylic oxidation sites excluding steroid dienone is 4. The topological polar surface area (TPSA) is 43.4 Å². The van der Waals surface area contributed by atoms with Gasteiger partial charge in [-0.15, -0.1) is 0 Å². The summed E-state index contributed by atoms with van der Waals surface area (Å²) in [6.07, 6.45) is 10.9. The van der Waals surface area contributed by atoms with E-state index in [0.717, 1.165) is 25.5 Å². The molecule has 0 amide bonds. The van der Waals surface area contributed by atoms with Crippen LogP contribution in [-0.2, 0) is 14.3 Å². The predicted octanol–water partition coefficient (Wildman–Crippen LogP) is 2.42. The molecule has 0 atom stereocenters. The van der Waals surface area contributed by atoms with Crippen LogP contribution < -0.4 is 0 Å². The Morgan fingerprint density at radius 2 is 2.00 bits per heavy atom. The van der Waals surface area contributed by atoms with Gasteiger partial charge >= 0.3 is 5.97 Å². The molecule has 0 heterocycles. The van der Waals surface area contributed by atoms with E-state index in [1.165, 1.54) is 6.08 Å². The molecule has 0 aromatic carbocycles. The first kappa shape index (κ1) is 13.6. The van der Waals surface area contributed by atoms with Crippen molar-refractivity contribution in [2.75, 3.05) is 6.61 Å². The maximum Gasteiger partial charge on any atom is 0.305 e. The van der Waals surface area contributed by atoms with Crippen molar-refractivity contribution in [1.29, 1.82) is 0 Å². The molecular formula is C12H18O3. The standard InChI is InChI=1S/C12H18O3/c1-2-15-12(14)10-8-6-4-3-5-7-9-11-13/h3,5,7,9,11H,2,4,6,8,10H2,1H3/b5-3-,9-7+. The number of hydrogen-bond donors (Lipinski definition) is 0. The van der Waals surface area contributed by atoms with Crippen LogP contribution in [0.1, 0.15) is 32.6 Å². The number of carbonyl (C=O) groups is 2. The quantitative estimate of drug-likeness (QED) is 0.203. The molecule has 84 valence electrons. The molecule has 0 aromatic heterocycles. The normalized spacial score (nSPS) is 11.0. The van der Waals surface area contributed by atoms with Crippen LogP contribution >= 0.6 is 0 Å². The van der Waals surface area contributed by atoms with Crippen LogP contribution in [0.25, 0.3) is 0 Å². The van der Waals surface area contributed by atoms with E-state index in [0.29, 0.717) is 13.0 Å². The smallest absolute Gasteiger partial charge is 0.305 e. The molecule has 0 aromatic rings. The highest BCUT2D eigenvalue weighted by Crippen LogP contribution is 2.02. The van der Waals surface area contributed by atoms with Gasteiger partial charge in [-0.3, -0.25) is 9.59 Å². The molecule has 0 spiro atoms. The van der Waals surface area contributed by atoms with E-state index in [1.807, 2.05) is 12.2 Å². The van der Waals surface area contributed by atoms with Crippen LogP contribution in [0.15, 0.2) is 24.3 Å². The summed E-state index contributed by atoms with van der Waals surface area (Å²) in [4.78, 5) is 20.8. The highest BCUT2D eigenvalue weighted by molar-refractivity contribution is 5.69. The maximum atomic E-state index is 10.9. The minimum absolute atomic E-state index is 0.123. The zero-order valence-corrected chi connectivity index (χ0v) is 9.15. The average Bonchev–Trinajstić information content (AvgIpc) is 2.22. The lowest BCUT2D eigenvalue weighted by Gasteiger charge is -1.99. The zero-order chi connectivity index (χ0) is 11.4. The molecule has 0 aliphatic carbocycles. The van der Waals surface area contributed by atoms with Crippen LogP contribution in [0.2, 0.25) is 0 Å². The van der Waals surface area contributed by atoms with Gasteiger partial charge in [-0.2, -0.15) is 0 Å². The molecule has 15 heavy (non-hydrogen) atoms. The molecule has 3 heteroatoms. The highest BCUT2D eigenvalue weighted by atomic mass is 16.5. The summed E-state index contributed by atoms with van der Waals surface area (Å²) in [6, 6.07) is 0. The molecule has 0 N–H and O–H groups in total. The lowest BCUT2D eigenvalue weighted by atomic mass is 10.2. The van der Waals surface area contributed by atoms with Gasteiger partial charge in [0.25, 0.3) is 0 Å². The fourth-order valence-electron chi connectivity index (χ4n) is 1.05. The molecular weight excluding hydrogens is 192 g/mol. The van der Waals surface area contributed by atoms with Gasteiger partial charge in [-0.25, -0.2) is 0 Å². The number of esters is 1. The Kier molecular flexibility index (Phi) is 9.71. The van der Waals surface area contributed by atoms with Gasteiger partial charge in [0.05, 0.1) is 6.61 Å². The highest BCUT2D eigenvalue weighted by Gasteiger charge is 1.99. The van der Waals surface area contributed by atoms with Crippen LogP contribution in [0, 0.1) is 0 Å². The Balaban J connectivity index is 3.31. The summed E-state index contributed by atoms with van der Waals surface area (Å²) in [5.41, 5.74) is 0. The molecule has 3 nitrogen and oxygen atoms in total. The SMILES string of the molecule is CCOC(=O)CCCC/C=C\C=C\C=O. The second-order valence-electron chi connectivity index (χ2n) is 3.00. The number of ether oxygens (including phenoxy) is 1. The number of hydrogen-bond acceptors (Lipinski definition) is 3. The van der Waals surface area contributed by atoms with E-state index in [9.17, 15) is 9.59 Å². The van der Waals surface area contributed by atoms with Gasteiger partial charge in [0, 0.05) is 6.42 Å². The molecule has 0 saturated carbocycles. The molecule has 0 saturated heterocycles. The summed E-state index contributed by atoms with van der Waals surface area (Å²) in [5.74, 6) is -0.123. The first-order valence-electron chi connectivity index (χ1n) is 5.23. The van der Waals surface area contributed by atoms with Crippen molar-refractivity contribution in [2.45, 2.75) is 32.6 Å². The third kappa shape index (κ3) is 10.5. The minimum atomic E-state index is -0.123. The monoisotopic (exact) mass is 210 g/mol. The fraction of sp³-hybridized carbons (Fsp3) is 0.500. The summed E-state index contributed by atoms with van der Waals surface area (Å²) >= 11 is 0. The summed E-state index contributed by atoms with van der Waals surface area (Å²) in [7, 11) is 0. The van der Waals surface area contributed by atoms with Crippen molar-refractivity contribution < 1.29 is 14.3 Å². The van der Waals surface area contributed by atoms with Crippen LogP contribution in [-0.4, -0.2) is 18.9 Å².